The lowest BCUT2D eigenvalue weighted by molar-refractivity contribution is -0.242. The first-order valence-corrected chi connectivity index (χ1v) is 9.30. The second-order valence-corrected chi connectivity index (χ2v) is 8.20. The van der Waals surface area contributed by atoms with Crippen molar-refractivity contribution in [3.63, 3.8) is 0 Å². The Morgan fingerprint density at radius 1 is 0.815 bits per heavy atom. The van der Waals surface area contributed by atoms with E-state index < -0.39 is 50.3 Å². The summed E-state index contributed by atoms with van der Waals surface area (Å²) < 4.78 is 131. The Balaban J connectivity index is 5.85. The molecule has 0 heterocycles. The number of hydrogen-bond donors (Lipinski definition) is 0. The van der Waals surface area contributed by atoms with Crippen LogP contribution in [-0.4, -0.2) is 42.5 Å². The van der Waals surface area contributed by atoms with Crippen molar-refractivity contribution in [2.45, 2.75) is 83.4 Å². The molecule has 27 heavy (non-hydrogen) atoms. The van der Waals surface area contributed by atoms with Gasteiger partial charge < -0.3 is 0 Å². The van der Waals surface area contributed by atoms with E-state index in [-0.39, 0.29) is 6.42 Å². The summed E-state index contributed by atoms with van der Waals surface area (Å²) in [5.41, 5.74) is -6.39. The maximum Gasteiger partial charge on any atom is 0.476 e. The fraction of sp³-hybridized carbons (Fsp3) is 1.00. The summed E-state index contributed by atoms with van der Waals surface area (Å²) in [6, 6.07) is 0. The maximum atomic E-state index is 13.7. The largest absolute Gasteiger partial charge is 0.476 e. The van der Waals surface area contributed by atoms with Crippen LogP contribution in [0.3, 0.4) is 0 Å². The smallest absolute Gasteiger partial charge is 0.287 e. The molecule has 0 rings (SSSR count). The maximum absolute atomic E-state index is 13.7. The minimum Gasteiger partial charge on any atom is -0.287 e. The molecule has 0 atom stereocenters. The molecule has 0 aromatic rings. The molecule has 0 radical (unpaired) electrons. The number of halogens is 8. The van der Waals surface area contributed by atoms with Crippen molar-refractivity contribution in [3.05, 3.63) is 0 Å². The molecule has 0 aromatic heterocycles. The first-order valence-electron chi connectivity index (χ1n) is 7.84. The molecule has 0 aliphatic rings. The van der Waals surface area contributed by atoms with Crippen LogP contribution in [0.15, 0.2) is 0 Å². The summed E-state index contributed by atoms with van der Waals surface area (Å²) in [5, 5.41) is 0. The third-order valence-electron chi connectivity index (χ3n) is 3.58. The van der Waals surface area contributed by atoms with E-state index >= 15 is 0 Å². The van der Waals surface area contributed by atoms with E-state index in [2.05, 4.69) is 13.6 Å². The highest BCUT2D eigenvalue weighted by molar-refractivity contribution is 7.48. The highest BCUT2D eigenvalue weighted by Crippen LogP contribution is 2.60. The minimum atomic E-state index is -5.39. The molecule has 0 aliphatic heterocycles. The number of hydrogen-bond acceptors (Lipinski definition) is 4. The fourth-order valence-electron chi connectivity index (χ4n) is 1.60. The summed E-state index contributed by atoms with van der Waals surface area (Å²) in [4.78, 5) is 0. The van der Waals surface area contributed by atoms with Crippen LogP contribution < -0.4 is 0 Å². The summed E-state index contributed by atoms with van der Waals surface area (Å²) >= 11 is 0. The fourth-order valence-corrected chi connectivity index (χ4v) is 3.46. The normalized spacial score (nSPS) is 15.1. The Hall–Kier alpha value is -0.450. The highest BCUT2D eigenvalue weighted by Gasteiger charge is 2.62. The molecule has 4 nitrogen and oxygen atoms in total. The van der Waals surface area contributed by atoms with Gasteiger partial charge in [0.2, 0.25) is 0 Å². The van der Waals surface area contributed by atoms with Crippen molar-refractivity contribution in [2.24, 2.45) is 0 Å². The van der Waals surface area contributed by atoms with Crippen molar-refractivity contribution >= 4 is 7.82 Å². The predicted molar refractivity (Wildman–Crippen MR) is 80.7 cm³/mol. The van der Waals surface area contributed by atoms with E-state index in [4.69, 9.17) is 0 Å². The van der Waals surface area contributed by atoms with Crippen LogP contribution in [0, 0.1) is 0 Å². The zero-order chi connectivity index (χ0) is 21.9. The Kier molecular flexibility index (Phi) is 8.77. The zero-order valence-corrected chi connectivity index (χ0v) is 16.3. The summed E-state index contributed by atoms with van der Waals surface area (Å²) in [5.74, 6) is -9.76. The molecule has 0 spiro atoms. The van der Waals surface area contributed by atoms with E-state index in [1.54, 1.807) is 6.92 Å². The van der Waals surface area contributed by atoms with Crippen LogP contribution in [-0.2, 0) is 18.1 Å². The average molecular weight is 438 g/mol. The molecule has 0 unspecified atom stereocenters. The van der Waals surface area contributed by atoms with Crippen LogP contribution in [0.25, 0.3) is 0 Å². The standard InChI is InChI=1S/C14H23F8O4P/c1-6-7-8-24-27(23,25-11(2,3)13(19,20)9(15)16)26-12(4,5)14(21,22)10(17)18/h9-10H,6-8H2,1-5H3. The van der Waals surface area contributed by atoms with E-state index in [0.29, 0.717) is 34.1 Å². The van der Waals surface area contributed by atoms with Gasteiger partial charge in [-0.15, -0.1) is 0 Å². The van der Waals surface area contributed by atoms with E-state index in [9.17, 15) is 39.7 Å². The van der Waals surface area contributed by atoms with Crippen molar-refractivity contribution in [2.75, 3.05) is 6.61 Å². The van der Waals surface area contributed by atoms with E-state index in [1.807, 2.05) is 0 Å². The summed E-state index contributed by atoms with van der Waals surface area (Å²) in [6.45, 7) is 2.79. The lowest BCUT2D eigenvalue weighted by atomic mass is 10.0. The van der Waals surface area contributed by atoms with Gasteiger partial charge >= 0.3 is 32.5 Å². The molecule has 0 aliphatic carbocycles. The molecule has 13 heteroatoms. The Labute approximate surface area is 152 Å². The molecular weight excluding hydrogens is 415 g/mol. The summed E-state index contributed by atoms with van der Waals surface area (Å²) in [7, 11) is -5.39. The van der Waals surface area contributed by atoms with Crippen LogP contribution in [0.2, 0.25) is 0 Å². The van der Waals surface area contributed by atoms with Crippen LogP contribution in [0.1, 0.15) is 47.5 Å². The molecule has 0 fully saturated rings. The van der Waals surface area contributed by atoms with Gasteiger partial charge in [-0.25, -0.2) is 22.1 Å². The van der Waals surface area contributed by atoms with Crippen LogP contribution >= 0.6 is 7.82 Å². The molecule has 0 N–H and O–H groups in total. The molecule has 0 saturated heterocycles. The Morgan fingerprint density at radius 2 is 1.15 bits per heavy atom. The highest BCUT2D eigenvalue weighted by atomic mass is 31.2. The Bertz CT molecular complexity index is 487. The Morgan fingerprint density at radius 3 is 1.41 bits per heavy atom. The van der Waals surface area contributed by atoms with Crippen molar-refractivity contribution in [1.82, 2.24) is 0 Å². The van der Waals surface area contributed by atoms with E-state index in [1.165, 1.54) is 0 Å². The number of alkyl halides is 8. The van der Waals surface area contributed by atoms with Crippen LogP contribution in [0.5, 0.6) is 0 Å². The lowest BCUT2D eigenvalue weighted by Crippen LogP contribution is -2.52. The second-order valence-electron chi connectivity index (χ2n) is 6.68. The van der Waals surface area contributed by atoms with Crippen LogP contribution in [0.4, 0.5) is 35.1 Å². The number of phosphoric ester groups is 1. The van der Waals surface area contributed by atoms with Gasteiger partial charge in [-0.3, -0.25) is 13.6 Å². The first-order chi connectivity index (χ1) is 11.9. The lowest BCUT2D eigenvalue weighted by Gasteiger charge is -2.39. The monoisotopic (exact) mass is 438 g/mol. The van der Waals surface area contributed by atoms with Gasteiger partial charge in [0.05, 0.1) is 6.61 Å². The third-order valence-corrected chi connectivity index (χ3v) is 5.44. The molecule has 0 bridgehead atoms. The molecule has 0 aromatic carbocycles. The van der Waals surface area contributed by atoms with Gasteiger partial charge in [0, 0.05) is 0 Å². The van der Waals surface area contributed by atoms with Gasteiger partial charge in [-0.2, -0.15) is 17.6 Å². The quantitative estimate of drug-likeness (QED) is 0.204. The van der Waals surface area contributed by atoms with Crippen molar-refractivity contribution in [3.8, 4) is 0 Å². The number of rotatable bonds is 12. The zero-order valence-electron chi connectivity index (χ0n) is 15.4. The van der Waals surface area contributed by atoms with Crippen molar-refractivity contribution in [1.29, 1.82) is 0 Å². The molecule has 0 saturated carbocycles. The number of phosphoric acid groups is 1. The van der Waals surface area contributed by atoms with E-state index in [0.717, 1.165) is 0 Å². The topological polar surface area (TPSA) is 44.8 Å². The molecule has 164 valence electrons. The van der Waals surface area contributed by atoms with Crippen molar-refractivity contribution < 1.29 is 53.3 Å². The van der Waals surface area contributed by atoms with Gasteiger partial charge in [-0.05, 0) is 34.1 Å². The molecule has 0 amide bonds. The molecular formula is C14H23F8O4P. The summed E-state index contributed by atoms with van der Waals surface area (Å²) in [6.07, 6.45) is -7.94. The minimum absolute atomic E-state index is 0.147. The van der Waals surface area contributed by atoms with Gasteiger partial charge in [0.1, 0.15) is 11.2 Å². The first kappa shape index (κ1) is 26.6. The SMILES string of the molecule is CCCCOP(=O)(OC(C)(C)C(F)(F)C(F)F)OC(C)(C)C(F)(F)C(F)F. The third kappa shape index (κ3) is 6.27. The predicted octanol–water partition coefficient (Wildman–Crippen LogP) is 6.30. The van der Waals surface area contributed by atoms with Gasteiger partial charge in [0.15, 0.2) is 0 Å². The second kappa shape index (κ2) is 8.92. The van der Waals surface area contributed by atoms with Gasteiger partial charge in [0.25, 0.3) is 0 Å². The average Bonchev–Trinajstić information content (AvgIpc) is 2.45. The number of unbranched alkanes of at least 4 members (excludes halogenated alkanes) is 1. The van der Waals surface area contributed by atoms with Gasteiger partial charge in [-0.1, -0.05) is 13.3 Å².